The Morgan fingerprint density at radius 1 is 1.12 bits per heavy atom. The molecular weight excluding hydrogens is 312 g/mol. The molecule has 0 atom stereocenters. The fourth-order valence-corrected chi connectivity index (χ4v) is 3.74. The minimum atomic E-state index is 0.322. The van der Waals surface area contributed by atoms with Crippen LogP contribution in [0, 0.1) is 0 Å². The molecule has 0 amide bonds. The predicted molar refractivity (Wildman–Crippen MR) is 101 cm³/mol. The van der Waals surface area contributed by atoms with E-state index in [0.717, 1.165) is 48.5 Å². The highest BCUT2D eigenvalue weighted by molar-refractivity contribution is 5.81. The number of hydrogen-bond acceptors (Lipinski definition) is 5. The molecule has 4 N–H and O–H groups in total. The number of nitrogens with zero attached hydrogens (tertiary/aromatic N) is 3. The van der Waals surface area contributed by atoms with Crippen molar-refractivity contribution in [3.05, 3.63) is 48.3 Å². The number of rotatable bonds is 4. The molecule has 0 bridgehead atoms. The van der Waals surface area contributed by atoms with E-state index >= 15 is 0 Å². The zero-order valence-corrected chi connectivity index (χ0v) is 14.4. The zero-order valence-electron chi connectivity index (χ0n) is 14.4. The Labute approximate surface area is 147 Å². The van der Waals surface area contributed by atoms with Gasteiger partial charge in [-0.1, -0.05) is 18.2 Å². The molecule has 6 heteroatoms. The summed E-state index contributed by atoms with van der Waals surface area (Å²) in [5.74, 6) is 1.34. The van der Waals surface area contributed by atoms with Crippen molar-refractivity contribution in [2.45, 2.75) is 37.6 Å². The molecule has 1 aromatic carbocycles. The molecule has 0 saturated heterocycles. The average Bonchev–Trinajstić information content (AvgIpc) is 3.12. The molecule has 1 saturated carbocycles. The number of benzene rings is 1. The highest BCUT2D eigenvalue weighted by Crippen LogP contribution is 2.41. The fourth-order valence-electron chi connectivity index (χ4n) is 3.74. The Bertz CT molecular complexity index is 849. The highest BCUT2D eigenvalue weighted by Gasteiger charge is 2.27. The minimum Gasteiger partial charge on any atom is -0.371 e. The monoisotopic (exact) mass is 336 g/mol. The zero-order chi connectivity index (χ0) is 17.2. The van der Waals surface area contributed by atoms with Gasteiger partial charge in [-0.2, -0.15) is 0 Å². The quantitative estimate of drug-likeness (QED) is 0.679. The van der Waals surface area contributed by atoms with Gasteiger partial charge >= 0.3 is 0 Å². The second kappa shape index (κ2) is 6.72. The van der Waals surface area contributed by atoms with E-state index < -0.39 is 0 Å². The lowest BCUT2D eigenvalue weighted by Crippen LogP contribution is -2.26. The molecular formula is C19H24N6. The van der Waals surface area contributed by atoms with Gasteiger partial charge in [0.05, 0.1) is 5.69 Å². The number of nitrogens with one attached hydrogen (secondary N) is 2. The number of fused-ring (bicyclic) bond motifs is 1. The molecule has 3 aromatic rings. The minimum absolute atomic E-state index is 0.322. The van der Waals surface area contributed by atoms with E-state index in [-0.39, 0.29) is 0 Å². The van der Waals surface area contributed by atoms with Crippen molar-refractivity contribution < 1.29 is 0 Å². The Kier molecular flexibility index (Phi) is 4.28. The molecule has 130 valence electrons. The molecule has 1 fully saturated rings. The van der Waals surface area contributed by atoms with E-state index in [9.17, 15) is 0 Å². The Morgan fingerprint density at radius 3 is 2.60 bits per heavy atom. The number of hydrogen-bond donors (Lipinski definition) is 3. The van der Waals surface area contributed by atoms with E-state index in [2.05, 4.69) is 27.8 Å². The summed E-state index contributed by atoms with van der Waals surface area (Å²) in [5, 5.41) is 11.6. The molecule has 4 rings (SSSR count). The van der Waals surface area contributed by atoms with Crippen molar-refractivity contribution >= 4 is 22.8 Å². The maximum atomic E-state index is 6.12. The molecule has 2 aromatic heterocycles. The summed E-state index contributed by atoms with van der Waals surface area (Å²) in [4.78, 5) is 4.55. The second-order valence-electron chi connectivity index (χ2n) is 6.69. The van der Waals surface area contributed by atoms with Crippen LogP contribution >= 0.6 is 0 Å². The van der Waals surface area contributed by atoms with Crippen LogP contribution < -0.4 is 16.4 Å². The first kappa shape index (κ1) is 15.9. The molecule has 1 aliphatic carbocycles. The van der Waals surface area contributed by atoms with Crippen LogP contribution in [0.2, 0.25) is 0 Å². The summed E-state index contributed by atoms with van der Waals surface area (Å²) in [5.41, 5.74) is 10.3. The molecule has 25 heavy (non-hydrogen) atoms. The highest BCUT2D eigenvalue weighted by atomic mass is 15.3. The summed E-state index contributed by atoms with van der Waals surface area (Å²) in [6.45, 7) is 0. The number of para-hydroxylation sites is 1. The number of anilines is 3. The van der Waals surface area contributed by atoms with Crippen LogP contribution in [0.1, 0.15) is 37.2 Å². The first-order chi connectivity index (χ1) is 12.3. The van der Waals surface area contributed by atoms with Crippen LogP contribution in [0.5, 0.6) is 0 Å². The smallest absolute Gasteiger partial charge is 0.177 e. The summed E-state index contributed by atoms with van der Waals surface area (Å²) >= 11 is 0. The van der Waals surface area contributed by atoms with E-state index in [1.54, 1.807) is 6.20 Å². The second-order valence-corrected chi connectivity index (χ2v) is 6.69. The molecule has 0 radical (unpaired) electrons. The van der Waals surface area contributed by atoms with Gasteiger partial charge in [0.25, 0.3) is 0 Å². The van der Waals surface area contributed by atoms with E-state index in [1.807, 2.05) is 36.0 Å². The van der Waals surface area contributed by atoms with Crippen LogP contribution in [0.25, 0.3) is 5.65 Å². The number of imidazole rings is 1. The Hall–Kier alpha value is -2.60. The van der Waals surface area contributed by atoms with Gasteiger partial charge in [0, 0.05) is 36.7 Å². The molecule has 6 nitrogen and oxygen atoms in total. The van der Waals surface area contributed by atoms with E-state index in [4.69, 9.17) is 10.8 Å². The molecule has 0 unspecified atom stereocenters. The third-order valence-electron chi connectivity index (χ3n) is 5.04. The number of aromatic nitrogens is 3. The van der Waals surface area contributed by atoms with E-state index in [1.165, 1.54) is 5.56 Å². The average molecular weight is 336 g/mol. The third-order valence-corrected chi connectivity index (χ3v) is 5.04. The van der Waals surface area contributed by atoms with Crippen molar-refractivity contribution in [1.29, 1.82) is 0 Å². The van der Waals surface area contributed by atoms with Gasteiger partial charge in [0.1, 0.15) is 0 Å². The van der Waals surface area contributed by atoms with Crippen LogP contribution in [0.15, 0.2) is 42.7 Å². The Balaban J connectivity index is 1.84. The van der Waals surface area contributed by atoms with Crippen molar-refractivity contribution in [1.82, 2.24) is 14.6 Å². The summed E-state index contributed by atoms with van der Waals surface area (Å²) in [7, 11) is 1.93. The first-order valence-electron chi connectivity index (χ1n) is 8.89. The fraction of sp³-hybridized carbons (Fsp3) is 0.368. The van der Waals surface area contributed by atoms with Crippen LogP contribution in [0.4, 0.5) is 17.2 Å². The van der Waals surface area contributed by atoms with Crippen LogP contribution in [0.3, 0.4) is 0 Å². The predicted octanol–water partition coefficient (Wildman–Crippen LogP) is 3.50. The summed E-state index contributed by atoms with van der Waals surface area (Å²) < 4.78 is 1.83. The molecule has 0 aliphatic heterocycles. The molecule has 1 aliphatic rings. The van der Waals surface area contributed by atoms with Gasteiger partial charge in [-0.05, 0) is 43.7 Å². The van der Waals surface area contributed by atoms with Gasteiger partial charge in [-0.3, -0.25) is 0 Å². The van der Waals surface area contributed by atoms with Crippen molar-refractivity contribution in [2.75, 3.05) is 17.7 Å². The van der Waals surface area contributed by atoms with Crippen molar-refractivity contribution in [2.24, 2.45) is 5.73 Å². The third kappa shape index (κ3) is 3.05. The lowest BCUT2D eigenvalue weighted by atomic mass is 9.81. The topological polar surface area (TPSA) is 80.3 Å². The van der Waals surface area contributed by atoms with Crippen molar-refractivity contribution in [3.8, 4) is 0 Å². The number of nitrogens with two attached hydrogens (primary N) is 1. The first-order valence-corrected chi connectivity index (χ1v) is 8.89. The molecule has 2 heterocycles. The largest absolute Gasteiger partial charge is 0.371 e. The van der Waals surface area contributed by atoms with Gasteiger partial charge in [-0.25, -0.2) is 9.50 Å². The standard InChI is InChI=1S/C19H24N6/c1-21-18-16(13-7-9-14(20)10-8-13)17(19-22-11-12-25(19)24-18)23-15-5-3-2-4-6-15/h2-6,11-14,23H,7-10,20H2,1H3,(H,21,24)/t13-,14-. The van der Waals surface area contributed by atoms with Crippen molar-refractivity contribution in [3.63, 3.8) is 0 Å². The maximum absolute atomic E-state index is 6.12. The van der Waals surface area contributed by atoms with Gasteiger partial charge in [-0.15, -0.1) is 5.10 Å². The molecule has 0 spiro atoms. The Morgan fingerprint density at radius 2 is 1.88 bits per heavy atom. The van der Waals surface area contributed by atoms with Gasteiger partial charge in [0.15, 0.2) is 11.5 Å². The lowest BCUT2D eigenvalue weighted by Gasteiger charge is -2.29. The van der Waals surface area contributed by atoms with Gasteiger partial charge < -0.3 is 16.4 Å². The summed E-state index contributed by atoms with van der Waals surface area (Å²) in [6.07, 6.45) is 7.94. The van der Waals surface area contributed by atoms with Crippen LogP contribution in [-0.4, -0.2) is 27.7 Å². The summed E-state index contributed by atoms with van der Waals surface area (Å²) in [6, 6.07) is 10.5. The van der Waals surface area contributed by atoms with E-state index in [0.29, 0.717) is 12.0 Å². The SMILES string of the molecule is CNc1nn2ccnc2c(Nc2ccccc2)c1[C@H]1CC[C@H](N)CC1. The lowest BCUT2D eigenvalue weighted by molar-refractivity contribution is 0.396. The maximum Gasteiger partial charge on any atom is 0.177 e. The normalized spacial score (nSPS) is 20.6. The van der Waals surface area contributed by atoms with Gasteiger partial charge in [0.2, 0.25) is 0 Å². The van der Waals surface area contributed by atoms with Crippen LogP contribution in [-0.2, 0) is 0 Å².